The van der Waals surface area contributed by atoms with E-state index in [0.29, 0.717) is 23.6 Å². The van der Waals surface area contributed by atoms with E-state index in [1.54, 1.807) is 24.3 Å². The molecular weight excluding hydrogens is 282 g/mol. The Morgan fingerprint density at radius 3 is 2.75 bits per heavy atom. The van der Waals surface area contributed by atoms with Crippen molar-refractivity contribution in [3.63, 3.8) is 0 Å². The zero-order valence-corrected chi connectivity index (χ0v) is 11.9. The van der Waals surface area contributed by atoms with Crippen molar-refractivity contribution in [2.75, 3.05) is 26.8 Å². The molecule has 1 saturated heterocycles. The van der Waals surface area contributed by atoms with Crippen LogP contribution in [0.1, 0.15) is 16.8 Å². The second-order valence-electron chi connectivity index (χ2n) is 4.98. The highest BCUT2D eigenvalue weighted by atomic mass is 35.5. The average molecular weight is 298 g/mol. The SMILES string of the molecule is COCC1(C(=O)O)CCN(C(=O)c2ccccc2Cl)C1. The second-order valence-corrected chi connectivity index (χ2v) is 5.38. The van der Waals surface area contributed by atoms with Crippen molar-refractivity contribution in [2.24, 2.45) is 5.41 Å². The number of carboxylic acids is 1. The van der Waals surface area contributed by atoms with Crippen molar-refractivity contribution < 1.29 is 19.4 Å². The van der Waals surface area contributed by atoms with Crippen LogP contribution in [0.4, 0.5) is 0 Å². The van der Waals surface area contributed by atoms with Crippen molar-refractivity contribution in [3.05, 3.63) is 34.9 Å². The summed E-state index contributed by atoms with van der Waals surface area (Å²) in [5.41, 5.74) is -0.626. The molecule has 0 spiro atoms. The molecule has 1 aromatic carbocycles. The number of rotatable bonds is 4. The molecule has 108 valence electrons. The lowest BCUT2D eigenvalue weighted by Crippen LogP contribution is -2.40. The first-order chi connectivity index (χ1) is 9.50. The highest BCUT2D eigenvalue weighted by Crippen LogP contribution is 2.32. The monoisotopic (exact) mass is 297 g/mol. The van der Waals surface area contributed by atoms with Gasteiger partial charge in [0.1, 0.15) is 5.41 Å². The van der Waals surface area contributed by atoms with E-state index in [4.69, 9.17) is 16.3 Å². The van der Waals surface area contributed by atoms with Crippen LogP contribution >= 0.6 is 11.6 Å². The summed E-state index contributed by atoms with van der Waals surface area (Å²) in [5, 5.41) is 9.75. The standard InChI is InChI=1S/C14H16ClNO4/c1-20-9-14(13(18)19)6-7-16(8-14)12(17)10-4-2-3-5-11(10)15/h2-5H,6-9H2,1H3,(H,18,19). The molecule has 20 heavy (non-hydrogen) atoms. The van der Waals surface area contributed by atoms with Gasteiger partial charge in [0.15, 0.2) is 0 Å². The normalized spacial score (nSPS) is 22.0. The third-order valence-electron chi connectivity index (χ3n) is 3.62. The van der Waals surface area contributed by atoms with Gasteiger partial charge in [0.2, 0.25) is 0 Å². The number of methoxy groups -OCH3 is 1. The van der Waals surface area contributed by atoms with Gasteiger partial charge in [-0.15, -0.1) is 0 Å². The minimum Gasteiger partial charge on any atom is -0.481 e. The quantitative estimate of drug-likeness (QED) is 0.922. The van der Waals surface area contributed by atoms with Crippen LogP contribution < -0.4 is 0 Å². The molecule has 1 atom stereocenters. The Bertz CT molecular complexity index is 534. The molecule has 0 aromatic heterocycles. The van der Waals surface area contributed by atoms with Crippen molar-refractivity contribution in [3.8, 4) is 0 Å². The molecule has 0 radical (unpaired) electrons. The van der Waals surface area contributed by atoms with Gasteiger partial charge in [-0.25, -0.2) is 0 Å². The molecule has 0 aliphatic carbocycles. The topological polar surface area (TPSA) is 66.8 Å². The summed E-state index contributed by atoms with van der Waals surface area (Å²) >= 11 is 6.00. The van der Waals surface area contributed by atoms with Crippen LogP contribution in [-0.2, 0) is 9.53 Å². The number of amides is 1. The summed E-state index contributed by atoms with van der Waals surface area (Å²) in [6.07, 6.45) is 0.381. The van der Waals surface area contributed by atoms with Gasteiger partial charge in [-0.3, -0.25) is 9.59 Å². The lowest BCUT2D eigenvalue weighted by atomic mass is 9.88. The summed E-state index contributed by atoms with van der Waals surface area (Å²) in [5.74, 6) is -1.18. The number of ether oxygens (including phenoxy) is 1. The van der Waals surface area contributed by atoms with Crippen LogP contribution in [0.5, 0.6) is 0 Å². The van der Waals surface area contributed by atoms with Gasteiger partial charge >= 0.3 is 5.97 Å². The maximum absolute atomic E-state index is 12.4. The van der Waals surface area contributed by atoms with E-state index in [1.807, 2.05) is 0 Å². The molecule has 1 amide bonds. The van der Waals surface area contributed by atoms with E-state index in [0.717, 1.165) is 0 Å². The largest absolute Gasteiger partial charge is 0.481 e. The zero-order chi connectivity index (χ0) is 14.8. The maximum Gasteiger partial charge on any atom is 0.313 e. The molecule has 1 aliphatic rings. The summed E-state index contributed by atoms with van der Waals surface area (Å²) < 4.78 is 5.00. The Morgan fingerprint density at radius 2 is 2.15 bits per heavy atom. The number of carboxylic acid groups (broad SMARTS) is 1. The highest BCUT2D eigenvalue weighted by Gasteiger charge is 2.46. The van der Waals surface area contributed by atoms with E-state index in [9.17, 15) is 14.7 Å². The molecule has 1 aliphatic heterocycles. The summed E-state index contributed by atoms with van der Waals surface area (Å²) in [6, 6.07) is 6.76. The fourth-order valence-electron chi connectivity index (χ4n) is 2.48. The molecule has 2 rings (SSSR count). The predicted octanol–water partition coefficient (Wildman–Crippen LogP) is 1.90. The van der Waals surface area contributed by atoms with Crippen LogP contribution in [-0.4, -0.2) is 48.7 Å². The van der Waals surface area contributed by atoms with Gasteiger partial charge in [-0.2, -0.15) is 0 Å². The molecule has 1 unspecified atom stereocenters. The van der Waals surface area contributed by atoms with Gasteiger partial charge in [-0.1, -0.05) is 23.7 Å². The number of aliphatic carboxylic acids is 1. The van der Waals surface area contributed by atoms with Crippen LogP contribution in [0.25, 0.3) is 0 Å². The lowest BCUT2D eigenvalue weighted by molar-refractivity contribution is -0.151. The molecule has 1 heterocycles. The smallest absolute Gasteiger partial charge is 0.313 e. The third kappa shape index (κ3) is 2.64. The fourth-order valence-corrected chi connectivity index (χ4v) is 2.70. The summed E-state index contributed by atoms with van der Waals surface area (Å²) in [6.45, 7) is 0.620. The number of nitrogens with zero attached hydrogens (tertiary/aromatic N) is 1. The van der Waals surface area contributed by atoms with Crippen LogP contribution in [0.3, 0.4) is 0 Å². The van der Waals surface area contributed by atoms with Crippen LogP contribution in [0.2, 0.25) is 5.02 Å². The Balaban J connectivity index is 2.19. The number of likely N-dealkylation sites (tertiary alicyclic amines) is 1. The van der Waals surface area contributed by atoms with E-state index >= 15 is 0 Å². The molecule has 6 heteroatoms. The van der Waals surface area contributed by atoms with Gasteiger partial charge in [0.25, 0.3) is 5.91 Å². The Labute approximate surface area is 122 Å². The first-order valence-electron chi connectivity index (χ1n) is 6.26. The lowest BCUT2D eigenvalue weighted by Gasteiger charge is -2.24. The predicted molar refractivity (Wildman–Crippen MR) is 73.9 cm³/mol. The summed E-state index contributed by atoms with van der Waals surface area (Å²) in [4.78, 5) is 25.4. The van der Waals surface area contributed by atoms with Crippen LogP contribution in [0.15, 0.2) is 24.3 Å². The third-order valence-corrected chi connectivity index (χ3v) is 3.95. The molecule has 5 nitrogen and oxygen atoms in total. The Morgan fingerprint density at radius 1 is 1.45 bits per heavy atom. The van der Waals surface area contributed by atoms with Gasteiger partial charge < -0.3 is 14.7 Å². The van der Waals surface area contributed by atoms with Gasteiger partial charge in [0, 0.05) is 20.2 Å². The molecule has 0 bridgehead atoms. The number of carbonyl (C=O) groups excluding carboxylic acids is 1. The van der Waals surface area contributed by atoms with Gasteiger partial charge in [0.05, 0.1) is 17.2 Å². The number of hydrogen-bond donors (Lipinski definition) is 1. The van der Waals surface area contributed by atoms with Crippen molar-refractivity contribution in [1.82, 2.24) is 4.90 Å². The van der Waals surface area contributed by atoms with E-state index in [1.165, 1.54) is 12.0 Å². The Kier molecular flexibility index (Phi) is 4.30. The minimum absolute atomic E-state index is 0.0919. The van der Waals surface area contributed by atoms with Crippen molar-refractivity contribution >= 4 is 23.5 Å². The Hall–Kier alpha value is -1.59. The first kappa shape index (κ1) is 14.8. The number of halogens is 1. The van der Waals surface area contributed by atoms with E-state index in [2.05, 4.69) is 0 Å². The van der Waals surface area contributed by atoms with Crippen LogP contribution in [0, 0.1) is 5.41 Å². The number of benzene rings is 1. The maximum atomic E-state index is 12.4. The zero-order valence-electron chi connectivity index (χ0n) is 11.1. The fraction of sp³-hybridized carbons (Fsp3) is 0.429. The second kappa shape index (κ2) is 5.81. The first-order valence-corrected chi connectivity index (χ1v) is 6.64. The minimum atomic E-state index is -1.02. The number of carbonyl (C=O) groups is 2. The number of hydrogen-bond acceptors (Lipinski definition) is 3. The highest BCUT2D eigenvalue weighted by molar-refractivity contribution is 6.33. The summed E-state index contributed by atoms with van der Waals surface area (Å²) in [7, 11) is 1.46. The van der Waals surface area contributed by atoms with E-state index < -0.39 is 11.4 Å². The molecule has 0 saturated carbocycles. The van der Waals surface area contributed by atoms with Crippen molar-refractivity contribution in [1.29, 1.82) is 0 Å². The van der Waals surface area contributed by atoms with E-state index in [-0.39, 0.29) is 19.1 Å². The average Bonchev–Trinajstić information content (AvgIpc) is 2.85. The van der Waals surface area contributed by atoms with Crippen molar-refractivity contribution in [2.45, 2.75) is 6.42 Å². The molecular formula is C14H16ClNO4. The molecule has 1 N–H and O–H groups in total. The van der Waals surface area contributed by atoms with Gasteiger partial charge in [-0.05, 0) is 18.6 Å². The molecule has 1 fully saturated rings. The molecule has 1 aromatic rings.